The molecule has 0 atom stereocenters. The van der Waals surface area contributed by atoms with Gasteiger partial charge in [-0.3, -0.25) is 14.6 Å². The molecule has 0 spiro atoms. The van der Waals surface area contributed by atoms with Crippen molar-refractivity contribution in [2.45, 2.75) is 19.6 Å². The molecule has 0 bridgehead atoms. The van der Waals surface area contributed by atoms with Crippen LogP contribution in [0.3, 0.4) is 0 Å². The molecule has 0 saturated heterocycles. The zero-order chi connectivity index (χ0) is 24.8. The molecule has 0 unspecified atom stereocenters. The molecule has 0 saturated carbocycles. The Labute approximate surface area is 206 Å². The summed E-state index contributed by atoms with van der Waals surface area (Å²) in [7, 11) is 1.27. The van der Waals surface area contributed by atoms with Gasteiger partial charge in [0, 0.05) is 60.8 Å². The Morgan fingerprint density at radius 2 is 1.89 bits per heavy atom. The molecule has 1 aliphatic rings. The summed E-state index contributed by atoms with van der Waals surface area (Å²) in [5.41, 5.74) is 1.12. The summed E-state index contributed by atoms with van der Waals surface area (Å²) < 4.78 is 17.9. The molecular weight excluding hydrogens is 474 g/mol. The van der Waals surface area contributed by atoms with E-state index in [1.54, 1.807) is 47.6 Å². The fraction of sp³-hybridized carbons (Fsp3) is 0.280. The molecule has 1 aliphatic heterocycles. The van der Waals surface area contributed by atoms with E-state index >= 15 is 0 Å². The summed E-state index contributed by atoms with van der Waals surface area (Å²) in [5.74, 6) is -0.169. The molecule has 3 aromatic rings. The van der Waals surface area contributed by atoms with Gasteiger partial charge in [-0.1, -0.05) is 17.7 Å². The van der Waals surface area contributed by atoms with E-state index < -0.39 is 5.97 Å². The van der Waals surface area contributed by atoms with E-state index in [-0.39, 0.29) is 49.0 Å². The Morgan fingerprint density at radius 3 is 2.60 bits per heavy atom. The van der Waals surface area contributed by atoms with Crippen LogP contribution in [0.15, 0.2) is 59.7 Å². The number of amides is 1. The predicted molar refractivity (Wildman–Crippen MR) is 128 cm³/mol. The second kappa shape index (κ2) is 11.1. The number of rotatable bonds is 7. The van der Waals surface area contributed by atoms with Crippen molar-refractivity contribution >= 4 is 23.5 Å². The molecule has 0 N–H and O–H groups in total. The van der Waals surface area contributed by atoms with Gasteiger partial charge in [-0.25, -0.2) is 4.79 Å². The highest BCUT2D eigenvalue weighted by Crippen LogP contribution is 2.25. The number of halogens is 1. The van der Waals surface area contributed by atoms with Crippen molar-refractivity contribution in [3.8, 4) is 11.5 Å². The van der Waals surface area contributed by atoms with Crippen molar-refractivity contribution in [1.29, 1.82) is 0 Å². The fourth-order valence-corrected chi connectivity index (χ4v) is 3.97. The number of hydrogen-bond donors (Lipinski definition) is 0. The third kappa shape index (κ3) is 5.81. The average Bonchev–Trinajstić information content (AvgIpc) is 3.11. The molecule has 0 fully saturated rings. The molecule has 10 heteroatoms. The molecule has 9 nitrogen and oxygen atoms in total. The molecule has 0 aliphatic carbocycles. The fourth-order valence-electron chi connectivity index (χ4n) is 3.85. The lowest BCUT2D eigenvalue weighted by Gasteiger charge is -2.20. The first-order valence-corrected chi connectivity index (χ1v) is 11.4. The minimum Gasteiger partial charge on any atom is -0.488 e. The van der Waals surface area contributed by atoms with Crippen LogP contribution in [-0.2, 0) is 29.1 Å². The molecule has 4 rings (SSSR count). The van der Waals surface area contributed by atoms with Crippen molar-refractivity contribution in [1.82, 2.24) is 14.5 Å². The van der Waals surface area contributed by atoms with Crippen molar-refractivity contribution in [2.24, 2.45) is 0 Å². The summed E-state index contributed by atoms with van der Waals surface area (Å²) >= 11 is 5.88. The number of esters is 1. The van der Waals surface area contributed by atoms with E-state index in [4.69, 9.17) is 25.8 Å². The predicted octanol–water partition coefficient (Wildman–Crippen LogP) is 2.73. The Bertz CT molecular complexity index is 1260. The van der Waals surface area contributed by atoms with Crippen molar-refractivity contribution < 1.29 is 23.8 Å². The molecule has 1 amide bonds. The average molecular weight is 498 g/mol. The lowest BCUT2D eigenvalue weighted by Crippen LogP contribution is -2.37. The van der Waals surface area contributed by atoms with E-state index in [0.29, 0.717) is 29.6 Å². The SMILES string of the molecule is COC(=O)c1c(OCc2cccnc2)cc(=O)n2c1CCN(C(=O)COc1ccc(Cl)cc1)CC2. The highest BCUT2D eigenvalue weighted by atomic mass is 35.5. The second-order valence-corrected chi connectivity index (χ2v) is 8.27. The van der Waals surface area contributed by atoms with Crippen LogP contribution >= 0.6 is 11.6 Å². The van der Waals surface area contributed by atoms with E-state index in [0.717, 1.165) is 5.56 Å². The zero-order valence-corrected chi connectivity index (χ0v) is 19.9. The number of carbonyl (C=O) groups is 2. The number of fused-ring (bicyclic) bond motifs is 1. The maximum absolute atomic E-state index is 12.9. The smallest absolute Gasteiger partial charge is 0.343 e. The van der Waals surface area contributed by atoms with Crippen molar-refractivity contribution in [2.75, 3.05) is 26.8 Å². The monoisotopic (exact) mass is 497 g/mol. The number of pyridine rings is 2. The molecule has 0 radical (unpaired) electrons. The summed E-state index contributed by atoms with van der Waals surface area (Å²) in [6.45, 7) is 0.807. The first-order valence-electron chi connectivity index (χ1n) is 11.0. The van der Waals surface area contributed by atoms with Crippen LogP contribution in [0.25, 0.3) is 0 Å². The number of aromatic nitrogens is 2. The number of nitrogens with zero attached hydrogens (tertiary/aromatic N) is 3. The number of methoxy groups -OCH3 is 1. The number of carbonyl (C=O) groups excluding carboxylic acids is 2. The van der Waals surface area contributed by atoms with Gasteiger partial charge in [0.05, 0.1) is 7.11 Å². The lowest BCUT2D eigenvalue weighted by molar-refractivity contribution is -0.133. The van der Waals surface area contributed by atoms with Crippen LogP contribution in [0, 0.1) is 0 Å². The van der Waals surface area contributed by atoms with Crippen LogP contribution in [0.1, 0.15) is 21.6 Å². The van der Waals surface area contributed by atoms with Gasteiger partial charge in [-0.2, -0.15) is 0 Å². The summed E-state index contributed by atoms with van der Waals surface area (Å²) in [6, 6.07) is 11.6. The van der Waals surface area contributed by atoms with Crippen LogP contribution < -0.4 is 15.0 Å². The quantitative estimate of drug-likeness (QED) is 0.463. The first-order chi connectivity index (χ1) is 17.0. The zero-order valence-electron chi connectivity index (χ0n) is 19.1. The summed E-state index contributed by atoms with van der Waals surface area (Å²) in [6.07, 6.45) is 3.56. The van der Waals surface area contributed by atoms with Gasteiger partial charge in [-0.05, 0) is 30.3 Å². The van der Waals surface area contributed by atoms with E-state index in [1.807, 2.05) is 6.07 Å². The van der Waals surface area contributed by atoms with E-state index in [2.05, 4.69) is 4.98 Å². The maximum atomic E-state index is 12.9. The van der Waals surface area contributed by atoms with Gasteiger partial charge in [0.15, 0.2) is 6.61 Å². The minimum absolute atomic E-state index is 0.132. The molecule has 1 aromatic carbocycles. The van der Waals surface area contributed by atoms with Crippen LogP contribution in [0.4, 0.5) is 0 Å². The third-order valence-corrected chi connectivity index (χ3v) is 5.88. The van der Waals surface area contributed by atoms with Gasteiger partial charge in [0.2, 0.25) is 0 Å². The number of ether oxygens (including phenoxy) is 3. The first kappa shape index (κ1) is 24.3. The normalized spacial score (nSPS) is 12.9. The third-order valence-electron chi connectivity index (χ3n) is 5.63. The van der Waals surface area contributed by atoms with Gasteiger partial charge in [0.1, 0.15) is 23.7 Å². The van der Waals surface area contributed by atoms with Crippen LogP contribution in [0.5, 0.6) is 11.5 Å². The van der Waals surface area contributed by atoms with E-state index in [9.17, 15) is 14.4 Å². The van der Waals surface area contributed by atoms with Gasteiger partial charge in [0.25, 0.3) is 11.5 Å². The van der Waals surface area contributed by atoms with Crippen molar-refractivity contribution in [3.05, 3.63) is 87.1 Å². The largest absolute Gasteiger partial charge is 0.488 e. The highest BCUT2D eigenvalue weighted by Gasteiger charge is 2.27. The Hall–Kier alpha value is -3.85. The topological polar surface area (TPSA) is 100.0 Å². The lowest BCUT2D eigenvalue weighted by atomic mass is 10.1. The molecule has 2 aromatic heterocycles. The second-order valence-electron chi connectivity index (χ2n) is 7.84. The highest BCUT2D eigenvalue weighted by molar-refractivity contribution is 6.30. The molecule has 182 valence electrons. The van der Waals surface area contributed by atoms with Gasteiger partial charge >= 0.3 is 5.97 Å². The van der Waals surface area contributed by atoms with Gasteiger partial charge < -0.3 is 23.7 Å². The standard InChI is InChI=1S/C25H24ClN3O6/c1-33-25(32)24-20-8-10-28(23(31)16-34-19-6-4-18(26)5-7-19)11-12-29(20)22(30)13-21(24)35-15-17-3-2-9-27-14-17/h2-7,9,13-14H,8,10-12,15-16H2,1H3. The minimum atomic E-state index is -0.610. The maximum Gasteiger partial charge on any atom is 0.343 e. The number of hydrogen-bond acceptors (Lipinski definition) is 7. The molecule has 3 heterocycles. The Balaban J connectivity index is 1.52. The van der Waals surface area contributed by atoms with Crippen molar-refractivity contribution in [3.63, 3.8) is 0 Å². The molecular formula is C25H24ClN3O6. The molecule has 35 heavy (non-hydrogen) atoms. The Kier molecular flexibility index (Phi) is 7.67. The van der Waals surface area contributed by atoms with Crippen LogP contribution in [0.2, 0.25) is 5.02 Å². The van der Waals surface area contributed by atoms with E-state index in [1.165, 1.54) is 17.7 Å². The number of benzene rings is 1. The Morgan fingerprint density at radius 1 is 1.09 bits per heavy atom. The van der Waals surface area contributed by atoms with Crippen LogP contribution in [-0.4, -0.2) is 53.1 Å². The van der Waals surface area contributed by atoms with Gasteiger partial charge in [-0.15, -0.1) is 0 Å². The summed E-state index contributed by atoms with van der Waals surface area (Å²) in [5, 5.41) is 0.574. The summed E-state index contributed by atoms with van der Waals surface area (Å²) in [4.78, 5) is 44.1.